The molecule has 0 saturated carbocycles. The van der Waals surface area contributed by atoms with E-state index in [9.17, 15) is 9.90 Å². The first-order valence-corrected chi connectivity index (χ1v) is 15.9. The molecule has 2 heterocycles. The molecule has 1 unspecified atom stereocenters. The third-order valence-electron chi connectivity index (χ3n) is 8.63. The summed E-state index contributed by atoms with van der Waals surface area (Å²) in [5.74, 6) is 1.19. The topological polar surface area (TPSA) is 92.7 Å². The van der Waals surface area contributed by atoms with E-state index in [0.29, 0.717) is 24.5 Å². The second kappa shape index (κ2) is 13.9. The van der Waals surface area contributed by atoms with E-state index in [-0.39, 0.29) is 11.7 Å². The second-order valence-corrected chi connectivity index (χ2v) is 12.5. The summed E-state index contributed by atoms with van der Waals surface area (Å²) in [7, 11) is 1.52. The number of hydrogen-bond donors (Lipinski definition) is 3. The van der Waals surface area contributed by atoms with E-state index in [1.807, 2.05) is 19.1 Å². The van der Waals surface area contributed by atoms with Crippen molar-refractivity contribution in [2.75, 3.05) is 25.5 Å². The lowest BCUT2D eigenvalue weighted by atomic mass is 9.89. The molecule has 1 atom stereocenters. The van der Waals surface area contributed by atoms with Gasteiger partial charge in [-0.1, -0.05) is 37.3 Å². The van der Waals surface area contributed by atoms with Crippen molar-refractivity contribution in [1.82, 2.24) is 10.3 Å². The Labute approximate surface area is 254 Å². The Kier molecular flexibility index (Phi) is 9.99. The molecule has 7 nitrogen and oxygen atoms in total. The summed E-state index contributed by atoms with van der Waals surface area (Å²) in [5.41, 5.74) is 5.26. The number of aryl methyl sites for hydroxylation is 2. The van der Waals surface area contributed by atoms with Crippen LogP contribution in [0.15, 0.2) is 30.3 Å². The van der Waals surface area contributed by atoms with Crippen LogP contribution in [-0.2, 0) is 24.1 Å². The summed E-state index contributed by atoms with van der Waals surface area (Å²) >= 11 is 6.25. The minimum Gasteiger partial charge on any atom is -0.504 e. The number of nitrogens with one attached hydrogen (secondary N) is 2. The van der Waals surface area contributed by atoms with Crippen LogP contribution in [0.5, 0.6) is 17.2 Å². The Morgan fingerprint density at radius 3 is 2.62 bits per heavy atom. The Hall–Kier alpha value is -3.19. The van der Waals surface area contributed by atoms with Crippen LogP contribution < -0.4 is 20.1 Å². The Balaban J connectivity index is 0.969. The molecule has 1 aliphatic heterocycles. The predicted molar refractivity (Wildman–Crippen MR) is 169 cm³/mol. The van der Waals surface area contributed by atoms with E-state index in [2.05, 4.69) is 16.7 Å². The first kappa shape index (κ1) is 30.3. The number of methoxy groups -OCH3 is 1. The Morgan fingerprint density at radius 1 is 1.05 bits per heavy atom. The number of phenols is 1. The molecule has 0 radical (unpaired) electrons. The van der Waals surface area contributed by atoms with Gasteiger partial charge in [0.05, 0.1) is 19.0 Å². The van der Waals surface area contributed by atoms with E-state index in [1.165, 1.54) is 61.5 Å². The zero-order valence-electron chi connectivity index (χ0n) is 25.0. The Bertz CT molecular complexity index is 1410. The van der Waals surface area contributed by atoms with E-state index in [0.717, 1.165) is 67.6 Å². The number of fused-ring (bicyclic) bond motifs is 3. The van der Waals surface area contributed by atoms with Crippen LogP contribution in [0.1, 0.15) is 88.0 Å². The zero-order chi connectivity index (χ0) is 29.5. The molecule has 226 valence electrons. The number of carbonyl (C=O) groups excluding carboxylic acids is 1. The normalized spacial score (nSPS) is 17.7. The van der Waals surface area contributed by atoms with Gasteiger partial charge in [0.2, 0.25) is 5.91 Å². The summed E-state index contributed by atoms with van der Waals surface area (Å²) in [6.07, 6.45) is 13.2. The molecule has 0 saturated heterocycles. The predicted octanol–water partition coefficient (Wildman–Crippen LogP) is 7.52. The molecule has 42 heavy (non-hydrogen) atoms. The number of benzene rings is 2. The van der Waals surface area contributed by atoms with Crippen molar-refractivity contribution in [3.8, 4) is 17.2 Å². The maximum Gasteiger partial charge on any atom is 0.224 e. The van der Waals surface area contributed by atoms with Crippen molar-refractivity contribution in [2.45, 2.75) is 96.0 Å². The van der Waals surface area contributed by atoms with E-state index < -0.39 is 5.60 Å². The van der Waals surface area contributed by atoms with Gasteiger partial charge < -0.3 is 25.2 Å². The SMILES string of the molecule is COc1cc2c(cc1O)CCC(C)(CC(=O)NCCCCCCCCNc1c3c(nc4cc(Cl)ccc14)CCCC3)O2. The molecule has 0 fully saturated rings. The minimum atomic E-state index is -0.567. The number of unbranched alkanes of at least 4 members (excludes halogenated alkanes) is 5. The van der Waals surface area contributed by atoms with Gasteiger partial charge in [-0.25, -0.2) is 0 Å². The van der Waals surface area contributed by atoms with Crippen molar-refractivity contribution < 1.29 is 19.4 Å². The number of rotatable bonds is 13. The van der Waals surface area contributed by atoms with Gasteiger partial charge in [0, 0.05) is 40.9 Å². The number of anilines is 1. The fourth-order valence-electron chi connectivity index (χ4n) is 6.29. The lowest BCUT2D eigenvalue weighted by Crippen LogP contribution is -2.41. The lowest BCUT2D eigenvalue weighted by molar-refractivity contribution is -0.125. The molecular formula is C34H44ClN3O4. The van der Waals surface area contributed by atoms with E-state index in [1.54, 1.807) is 12.1 Å². The maximum atomic E-state index is 12.6. The van der Waals surface area contributed by atoms with Gasteiger partial charge in [-0.15, -0.1) is 0 Å². The fourth-order valence-corrected chi connectivity index (χ4v) is 6.45. The molecule has 1 amide bonds. The lowest BCUT2D eigenvalue weighted by Gasteiger charge is -2.35. The smallest absolute Gasteiger partial charge is 0.224 e. The summed E-state index contributed by atoms with van der Waals surface area (Å²) in [6, 6.07) is 9.44. The number of nitrogens with zero attached hydrogens (tertiary/aromatic N) is 1. The fraction of sp³-hybridized carbons (Fsp3) is 0.529. The van der Waals surface area contributed by atoms with Crippen LogP contribution in [0, 0.1) is 0 Å². The van der Waals surface area contributed by atoms with Gasteiger partial charge >= 0.3 is 0 Å². The molecule has 8 heteroatoms. The monoisotopic (exact) mass is 593 g/mol. The number of phenolic OH excluding ortho intramolecular Hbond substituents is 1. The third-order valence-corrected chi connectivity index (χ3v) is 8.86. The van der Waals surface area contributed by atoms with Crippen LogP contribution in [0.4, 0.5) is 5.69 Å². The summed E-state index contributed by atoms with van der Waals surface area (Å²) in [5, 5.41) is 18.8. The van der Waals surface area contributed by atoms with Crippen LogP contribution in [-0.4, -0.2) is 41.8 Å². The molecule has 2 aliphatic rings. The molecule has 1 aliphatic carbocycles. The number of carbonyl (C=O) groups is 1. The molecule has 3 aromatic rings. The zero-order valence-corrected chi connectivity index (χ0v) is 25.7. The first-order chi connectivity index (χ1) is 20.3. The molecule has 3 N–H and O–H groups in total. The highest BCUT2D eigenvalue weighted by molar-refractivity contribution is 6.31. The summed E-state index contributed by atoms with van der Waals surface area (Å²) in [6.45, 7) is 3.63. The van der Waals surface area contributed by atoms with Gasteiger partial charge in [-0.05, 0) is 93.7 Å². The average molecular weight is 594 g/mol. The average Bonchev–Trinajstić information content (AvgIpc) is 2.97. The van der Waals surface area contributed by atoms with E-state index in [4.69, 9.17) is 26.1 Å². The van der Waals surface area contributed by atoms with Gasteiger partial charge in [0.1, 0.15) is 11.4 Å². The molecule has 1 aromatic heterocycles. The van der Waals surface area contributed by atoms with Crippen LogP contribution in [0.2, 0.25) is 5.02 Å². The number of amides is 1. The maximum absolute atomic E-state index is 12.6. The largest absolute Gasteiger partial charge is 0.504 e. The van der Waals surface area contributed by atoms with E-state index >= 15 is 0 Å². The standard InChI is InChI=1S/C34H44ClN3O4/c1-34(16-15-23-19-29(39)31(41-2)21-30(23)42-34)22-32(40)36-17-9-5-3-4-6-10-18-37-33-25-11-7-8-12-27(25)38-28-20-24(35)13-14-26(28)33/h13-14,19-21,39H,3-12,15-18,22H2,1-2H3,(H,36,40)(H,37,38). The highest BCUT2D eigenvalue weighted by Gasteiger charge is 2.34. The Morgan fingerprint density at radius 2 is 1.81 bits per heavy atom. The summed E-state index contributed by atoms with van der Waals surface area (Å²) in [4.78, 5) is 17.6. The molecule has 0 spiro atoms. The third kappa shape index (κ3) is 7.41. The van der Waals surface area contributed by atoms with Crippen molar-refractivity contribution >= 4 is 34.1 Å². The number of ether oxygens (including phenoxy) is 2. The van der Waals surface area contributed by atoms with Crippen molar-refractivity contribution in [3.63, 3.8) is 0 Å². The molecule has 5 rings (SSSR count). The van der Waals surface area contributed by atoms with Crippen LogP contribution in [0.3, 0.4) is 0 Å². The van der Waals surface area contributed by atoms with Crippen LogP contribution >= 0.6 is 11.6 Å². The molecule has 0 bridgehead atoms. The van der Waals surface area contributed by atoms with Crippen molar-refractivity contribution in [2.24, 2.45) is 0 Å². The van der Waals surface area contributed by atoms with Gasteiger partial charge in [-0.2, -0.15) is 0 Å². The number of hydrogen-bond acceptors (Lipinski definition) is 6. The number of halogens is 1. The van der Waals surface area contributed by atoms with Crippen molar-refractivity contribution in [3.05, 3.63) is 52.2 Å². The number of aromatic nitrogens is 1. The summed E-state index contributed by atoms with van der Waals surface area (Å²) < 4.78 is 11.4. The van der Waals surface area contributed by atoms with Crippen LogP contribution in [0.25, 0.3) is 10.9 Å². The highest BCUT2D eigenvalue weighted by Crippen LogP contribution is 2.41. The first-order valence-electron chi connectivity index (χ1n) is 15.6. The molecule has 2 aromatic carbocycles. The minimum absolute atomic E-state index is 0.0193. The quantitative estimate of drug-likeness (QED) is 0.177. The number of aromatic hydroxyl groups is 1. The number of pyridine rings is 1. The van der Waals surface area contributed by atoms with Gasteiger partial charge in [0.25, 0.3) is 0 Å². The highest BCUT2D eigenvalue weighted by atomic mass is 35.5. The van der Waals surface area contributed by atoms with Crippen molar-refractivity contribution in [1.29, 1.82) is 0 Å². The van der Waals surface area contributed by atoms with Gasteiger partial charge in [0.15, 0.2) is 11.5 Å². The second-order valence-electron chi connectivity index (χ2n) is 12.0. The van der Waals surface area contributed by atoms with Gasteiger partial charge in [-0.3, -0.25) is 9.78 Å². The molecular weight excluding hydrogens is 550 g/mol.